The average molecular weight is 281 g/mol. The molecule has 1 aromatic carbocycles. The van der Waals surface area contributed by atoms with Crippen LogP contribution in [0.5, 0.6) is 0 Å². The van der Waals surface area contributed by atoms with Crippen molar-refractivity contribution in [3.05, 3.63) is 39.4 Å². The number of benzene rings is 1. The quantitative estimate of drug-likeness (QED) is 0.466. The Labute approximate surface area is 116 Å². The summed E-state index contributed by atoms with van der Waals surface area (Å²) in [6.45, 7) is 13.0. The van der Waals surface area contributed by atoms with E-state index in [-0.39, 0.29) is 15.6 Å². The number of aryl methyl sites for hydroxylation is 1. The van der Waals surface area contributed by atoms with Crippen molar-refractivity contribution in [2.75, 3.05) is 0 Å². The summed E-state index contributed by atoms with van der Waals surface area (Å²) in [7, 11) is -1.89. The zero-order valence-corrected chi connectivity index (χ0v) is 13.6. The van der Waals surface area contributed by atoms with Crippen LogP contribution in [0.4, 0.5) is 5.69 Å². The second-order valence-corrected chi connectivity index (χ2v) is 11.2. The van der Waals surface area contributed by atoms with E-state index in [1.54, 1.807) is 12.1 Å². The van der Waals surface area contributed by atoms with Gasteiger partial charge in [-0.25, -0.2) is 0 Å². The van der Waals surface area contributed by atoms with Crippen LogP contribution in [0.15, 0.2) is 18.2 Å². The van der Waals surface area contributed by atoms with E-state index in [4.69, 9.17) is 4.43 Å². The monoisotopic (exact) mass is 281 g/mol. The maximum absolute atomic E-state index is 11.0. The van der Waals surface area contributed by atoms with Gasteiger partial charge in [0.15, 0.2) is 8.32 Å². The SMILES string of the molecule is Cc1ccc([N+](=O)[O-])c(CO[Si](C)(C)C(C)(C)C)c1. The Bertz CT molecular complexity index is 478. The van der Waals surface area contributed by atoms with Crippen LogP contribution in [-0.4, -0.2) is 13.2 Å². The summed E-state index contributed by atoms with van der Waals surface area (Å²) in [5.74, 6) is 0. The van der Waals surface area contributed by atoms with Gasteiger partial charge < -0.3 is 4.43 Å². The van der Waals surface area contributed by atoms with Crippen LogP contribution in [0, 0.1) is 17.0 Å². The first-order valence-corrected chi connectivity index (χ1v) is 9.33. The normalized spacial score (nSPS) is 12.5. The highest BCUT2D eigenvalue weighted by Gasteiger charge is 2.37. The smallest absolute Gasteiger partial charge is 0.274 e. The predicted molar refractivity (Wildman–Crippen MR) is 79.8 cm³/mol. The zero-order valence-electron chi connectivity index (χ0n) is 12.6. The first kappa shape index (κ1) is 15.9. The van der Waals surface area contributed by atoms with E-state index in [1.165, 1.54) is 0 Å². The molecule has 0 bridgehead atoms. The Balaban J connectivity index is 2.95. The standard InChI is InChI=1S/C14H23NO3Si/c1-11-7-8-13(15(16)17)12(9-11)10-18-19(5,6)14(2,3)4/h7-9H,10H2,1-6H3. The van der Waals surface area contributed by atoms with E-state index in [0.717, 1.165) is 5.56 Å². The Hall–Kier alpha value is -1.20. The van der Waals surface area contributed by atoms with Crippen LogP contribution < -0.4 is 0 Å². The van der Waals surface area contributed by atoms with E-state index in [2.05, 4.69) is 33.9 Å². The fourth-order valence-corrected chi connectivity index (χ4v) is 2.43. The van der Waals surface area contributed by atoms with Crippen LogP contribution in [0.25, 0.3) is 0 Å². The van der Waals surface area contributed by atoms with Crippen molar-refractivity contribution < 1.29 is 9.35 Å². The lowest BCUT2D eigenvalue weighted by Crippen LogP contribution is -2.40. The van der Waals surface area contributed by atoms with Gasteiger partial charge in [-0.1, -0.05) is 32.4 Å². The van der Waals surface area contributed by atoms with Crippen molar-refractivity contribution in [2.45, 2.75) is 52.4 Å². The van der Waals surface area contributed by atoms with Gasteiger partial charge in [0.1, 0.15) is 0 Å². The first-order valence-electron chi connectivity index (χ1n) is 6.42. The van der Waals surface area contributed by atoms with Gasteiger partial charge in [0.2, 0.25) is 0 Å². The molecule has 106 valence electrons. The molecule has 0 aliphatic carbocycles. The largest absolute Gasteiger partial charge is 0.412 e. The maximum Gasteiger partial charge on any atom is 0.274 e. The number of nitrogens with zero attached hydrogens (tertiary/aromatic N) is 1. The molecule has 0 aliphatic heterocycles. The lowest BCUT2D eigenvalue weighted by Gasteiger charge is -2.36. The number of nitro groups is 1. The summed E-state index contributed by atoms with van der Waals surface area (Å²) < 4.78 is 6.06. The summed E-state index contributed by atoms with van der Waals surface area (Å²) in [6.07, 6.45) is 0. The highest BCUT2D eigenvalue weighted by molar-refractivity contribution is 6.74. The Morgan fingerprint density at radius 2 is 1.89 bits per heavy atom. The van der Waals surface area contributed by atoms with Gasteiger partial charge in [-0.2, -0.15) is 0 Å². The molecule has 0 aliphatic rings. The van der Waals surface area contributed by atoms with Gasteiger partial charge in [0, 0.05) is 6.07 Å². The summed E-state index contributed by atoms with van der Waals surface area (Å²) in [4.78, 5) is 10.7. The molecule has 0 fully saturated rings. The molecule has 0 N–H and O–H groups in total. The van der Waals surface area contributed by atoms with E-state index < -0.39 is 8.32 Å². The van der Waals surface area contributed by atoms with Crippen molar-refractivity contribution in [3.63, 3.8) is 0 Å². The molecule has 0 aromatic heterocycles. The number of rotatable bonds is 4. The fourth-order valence-electron chi connectivity index (χ4n) is 1.48. The zero-order chi connectivity index (χ0) is 14.8. The van der Waals surface area contributed by atoms with Crippen LogP contribution >= 0.6 is 0 Å². The highest BCUT2D eigenvalue weighted by Crippen LogP contribution is 2.37. The minimum atomic E-state index is -1.89. The third-order valence-electron chi connectivity index (χ3n) is 3.83. The molecule has 0 spiro atoms. The molecule has 1 aromatic rings. The molecule has 0 amide bonds. The van der Waals surface area contributed by atoms with Crippen molar-refractivity contribution in [3.8, 4) is 0 Å². The molecule has 0 heterocycles. The summed E-state index contributed by atoms with van der Waals surface area (Å²) >= 11 is 0. The number of hydrogen-bond donors (Lipinski definition) is 0. The molecule has 5 heteroatoms. The molecule has 0 radical (unpaired) electrons. The van der Waals surface area contributed by atoms with Gasteiger partial charge in [-0.05, 0) is 31.1 Å². The second kappa shape index (κ2) is 5.42. The summed E-state index contributed by atoms with van der Waals surface area (Å²) in [5.41, 5.74) is 1.82. The van der Waals surface area contributed by atoms with Crippen molar-refractivity contribution in [1.82, 2.24) is 0 Å². The Morgan fingerprint density at radius 3 is 2.37 bits per heavy atom. The molecule has 0 saturated heterocycles. The molecule has 0 saturated carbocycles. The third-order valence-corrected chi connectivity index (χ3v) is 8.30. The molecule has 0 unspecified atom stereocenters. The van der Waals surface area contributed by atoms with Gasteiger partial charge in [-0.3, -0.25) is 10.1 Å². The van der Waals surface area contributed by atoms with Crippen LogP contribution in [0.3, 0.4) is 0 Å². The van der Waals surface area contributed by atoms with Gasteiger partial charge in [0.25, 0.3) is 5.69 Å². The minimum absolute atomic E-state index is 0.103. The molecular formula is C14H23NO3Si. The van der Waals surface area contributed by atoms with Gasteiger partial charge in [0.05, 0.1) is 17.1 Å². The van der Waals surface area contributed by atoms with E-state index >= 15 is 0 Å². The average Bonchev–Trinajstić information content (AvgIpc) is 2.24. The molecule has 4 nitrogen and oxygen atoms in total. The fraction of sp³-hybridized carbons (Fsp3) is 0.571. The first-order chi connectivity index (χ1) is 8.54. The topological polar surface area (TPSA) is 52.4 Å². The minimum Gasteiger partial charge on any atom is -0.412 e. The van der Waals surface area contributed by atoms with Crippen LogP contribution in [0.1, 0.15) is 31.9 Å². The Morgan fingerprint density at radius 1 is 1.32 bits per heavy atom. The molecule has 1 rings (SSSR count). The van der Waals surface area contributed by atoms with Gasteiger partial charge >= 0.3 is 0 Å². The molecule has 19 heavy (non-hydrogen) atoms. The number of hydrogen-bond acceptors (Lipinski definition) is 3. The Kier molecular flexibility index (Phi) is 4.53. The van der Waals surface area contributed by atoms with Crippen molar-refractivity contribution >= 4 is 14.0 Å². The number of nitro benzene ring substituents is 1. The lowest BCUT2D eigenvalue weighted by molar-refractivity contribution is -0.385. The van der Waals surface area contributed by atoms with E-state index in [0.29, 0.717) is 12.2 Å². The molecular weight excluding hydrogens is 258 g/mol. The second-order valence-electron chi connectivity index (χ2n) is 6.44. The predicted octanol–water partition coefficient (Wildman–Crippen LogP) is 4.43. The van der Waals surface area contributed by atoms with Crippen molar-refractivity contribution in [1.29, 1.82) is 0 Å². The van der Waals surface area contributed by atoms with Crippen LogP contribution in [-0.2, 0) is 11.0 Å². The van der Waals surface area contributed by atoms with Crippen molar-refractivity contribution in [2.24, 2.45) is 0 Å². The third kappa shape index (κ3) is 3.88. The maximum atomic E-state index is 11.0. The summed E-state index contributed by atoms with van der Waals surface area (Å²) in [5, 5.41) is 11.1. The van der Waals surface area contributed by atoms with Gasteiger partial charge in [-0.15, -0.1) is 0 Å². The molecule has 0 atom stereocenters. The van der Waals surface area contributed by atoms with Crippen LogP contribution in [0.2, 0.25) is 18.1 Å². The van der Waals surface area contributed by atoms with E-state index in [1.807, 2.05) is 13.0 Å². The lowest BCUT2D eigenvalue weighted by atomic mass is 10.1. The van der Waals surface area contributed by atoms with E-state index in [9.17, 15) is 10.1 Å². The highest BCUT2D eigenvalue weighted by atomic mass is 28.4. The summed E-state index contributed by atoms with van der Waals surface area (Å²) in [6, 6.07) is 5.15.